The van der Waals surface area contributed by atoms with Crippen molar-refractivity contribution in [2.24, 2.45) is 0 Å². The molecule has 0 amide bonds. The van der Waals surface area contributed by atoms with Crippen molar-refractivity contribution in [3.05, 3.63) is 34.0 Å². The standard InChI is InChI=1S/C16H12ClN5OS3/c17-8-1-4-13-11(5-8)20-14(25-13)10(6-18)12(23)7-24-16-22-21-15(26-16)19-9-2-3-9/h1,4-5,9,23H,2-3,7H2,(H,19,21)/b12-10-. The molecule has 1 aliphatic carbocycles. The van der Waals surface area contributed by atoms with Gasteiger partial charge in [0, 0.05) is 11.1 Å². The van der Waals surface area contributed by atoms with Crippen LogP contribution in [0.4, 0.5) is 5.13 Å². The average molecular weight is 422 g/mol. The lowest BCUT2D eigenvalue weighted by atomic mass is 10.2. The van der Waals surface area contributed by atoms with E-state index in [1.165, 1.54) is 47.3 Å². The van der Waals surface area contributed by atoms with E-state index in [1.807, 2.05) is 6.07 Å². The lowest BCUT2D eigenvalue weighted by Crippen LogP contribution is -1.99. The molecule has 0 unspecified atom stereocenters. The Hall–Kier alpha value is -1.86. The number of aliphatic hydroxyl groups is 1. The van der Waals surface area contributed by atoms with Crippen LogP contribution in [-0.4, -0.2) is 32.1 Å². The molecule has 2 N–H and O–H groups in total. The Morgan fingerprint density at radius 1 is 1.38 bits per heavy atom. The van der Waals surface area contributed by atoms with E-state index in [1.54, 1.807) is 12.1 Å². The SMILES string of the molecule is N#C/C(=C(/O)CSc1nnc(NC2CC2)s1)c1nc2cc(Cl)ccc2s1. The molecule has 2 aromatic heterocycles. The fourth-order valence-electron chi connectivity index (χ4n) is 2.17. The molecule has 0 aliphatic heterocycles. The summed E-state index contributed by atoms with van der Waals surface area (Å²) in [5.41, 5.74) is 0.890. The molecule has 1 aromatic carbocycles. The number of thioether (sulfide) groups is 1. The zero-order valence-corrected chi connectivity index (χ0v) is 16.5. The summed E-state index contributed by atoms with van der Waals surface area (Å²) < 4.78 is 1.66. The van der Waals surface area contributed by atoms with Crippen LogP contribution in [0.25, 0.3) is 15.8 Å². The first-order valence-corrected chi connectivity index (χ1v) is 10.7. The second-order valence-electron chi connectivity index (χ2n) is 5.64. The van der Waals surface area contributed by atoms with Crippen molar-refractivity contribution < 1.29 is 5.11 Å². The predicted molar refractivity (Wildman–Crippen MR) is 107 cm³/mol. The Bertz CT molecular complexity index is 1030. The summed E-state index contributed by atoms with van der Waals surface area (Å²) in [5.74, 6) is 0.215. The van der Waals surface area contributed by atoms with E-state index in [-0.39, 0.29) is 17.1 Å². The summed E-state index contributed by atoms with van der Waals surface area (Å²) in [6.07, 6.45) is 2.34. The number of thiazole rings is 1. The molecule has 0 radical (unpaired) electrons. The van der Waals surface area contributed by atoms with Gasteiger partial charge in [0.1, 0.15) is 22.4 Å². The van der Waals surface area contributed by atoms with Gasteiger partial charge in [0.2, 0.25) is 5.13 Å². The van der Waals surface area contributed by atoms with E-state index in [0.29, 0.717) is 21.6 Å². The number of hydrogen-bond acceptors (Lipinski definition) is 9. The minimum Gasteiger partial charge on any atom is -0.510 e. The van der Waals surface area contributed by atoms with Gasteiger partial charge in [-0.3, -0.25) is 0 Å². The number of anilines is 1. The van der Waals surface area contributed by atoms with Crippen LogP contribution in [0.2, 0.25) is 5.02 Å². The second-order valence-corrected chi connectivity index (χ2v) is 9.31. The number of rotatable bonds is 6. The Balaban J connectivity index is 1.50. The first-order chi connectivity index (χ1) is 12.6. The van der Waals surface area contributed by atoms with Crippen molar-refractivity contribution in [1.82, 2.24) is 15.2 Å². The van der Waals surface area contributed by atoms with Gasteiger partial charge in [-0.1, -0.05) is 34.7 Å². The van der Waals surface area contributed by atoms with E-state index in [9.17, 15) is 10.4 Å². The molecular formula is C16H12ClN5OS3. The zero-order chi connectivity index (χ0) is 18.1. The first-order valence-electron chi connectivity index (χ1n) is 7.74. The van der Waals surface area contributed by atoms with Crippen molar-refractivity contribution in [1.29, 1.82) is 5.26 Å². The molecule has 0 atom stereocenters. The highest BCUT2D eigenvalue weighted by Crippen LogP contribution is 2.33. The number of aliphatic hydroxyl groups excluding tert-OH is 1. The maximum Gasteiger partial charge on any atom is 0.206 e. The molecule has 0 spiro atoms. The minimum atomic E-state index is -0.0189. The van der Waals surface area contributed by atoms with Crippen LogP contribution < -0.4 is 5.32 Å². The maximum absolute atomic E-state index is 10.4. The predicted octanol–water partition coefficient (Wildman–Crippen LogP) is 4.96. The number of nitrogens with zero attached hydrogens (tertiary/aromatic N) is 4. The third-order valence-corrected chi connectivity index (χ3v) is 6.90. The Labute approximate surface area is 166 Å². The Kier molecular flexibility index (Phi) is 5.00. The van der Waals surface area contributed by atoms with Gasteiger partial charge in [-0.2, -0.15) is 5.26 Å². The number of allylic oxidation sites excluding steroid dienone is 1. The number of fused-ring (bicyclic) bond motifs is 1. The quantitative estimate of drug-likeness (QED) is 0.330. The molecule has 1 aliphatic rings. The molecular weight excluding hydrogens is 410 g/mol. The summed E-state index contributed by atoms with van der Waals surface area (Å²) in [6.45, 7) is 0. The lowest BCUT2D eigenvalue weighted by Gasteiger charge is -2.00. The number of nitriles is 1. The topological polar surface area (TPSA) is 94.7 Å². The molecule has 1 fully saturated rings. The summed E-state index contributed by atoms with van der Waals surface area (Å²) in [7, 11) is 0. The van der Waals surface area contributed by atoms with E-state index in [0.717, 1.165) is 14.2 Å². The summed E-state index contributed by atoms with van der Waals surface area (Å²) in [5, 5.41) is 33.2. The zero-order valence-electron chi connectivity index (χ0n) is 13.3. The molecule has 3 aromatic rings. The van der Waals surface area contributed by atoms with Crippen LogP contribution >= 0.6 is 46.0 Å². The van der Waals surface area contributed by atoms with Crippen LogP contribution in [0.5, 0.6) is 0 Å². The summed E-state index contributed by atoms with van der Waals surface area (Å²) >= 11 is 10.1. The molecule has 4 rings (SSSR count). The molecule has 6 nitrogen and oxygen atoms in total. The average Bonchev–Trinajstić information content (AvgIpc) is 3.16. The molecule has 0 bridgehead atoms. The van der Waals surface area contributed by atoms with Crippen molar-refractivity contribution in [3.8, 4) is 6.07 Å². The van der Waals surface area contributed by atoms with Gasteiger partial charge >= 0.3 is 0 Å². The van der Waals surface area contributed by atoms with Crippen LogP contribution in [0.15, 0.2) is 28.3 Å². The van der Waals surface area contributed by atoms with Gasteiger partial charge in [0.05, 0.1) is 16.0 Å². The smallest absolute Gasteiger partial charge is 0.206 e. The minimum absolute atomic E-state index is 0.0189. The van der Waals surface area contributed by atoms with Gasteiger partial charge in [0.15, 0.2) is 4.34 Å². The molecule has 1 saturated carbocycles. The second kappa shape index (κ2) is 7.40. The molecule has 10 heteroatoms. The van der Waals surface area contributed by atoms with Crippen molar-refractivity contribution in [3.63, 3.8) is 0 Å². The number of aromatic nitrogens is 3. The number of halogens is 1. The van der Waals surface area contributed by atoms with Crippen LogP contribution in [0.3, 0.4) is 0 Å². The van der Waals surface area contributed by atoms with E-state index in [4.69, 9.17) is 11.6 Å². The van der Waals surface area contributed by atoms with Gasteiger partial charge in [0.25, 0.3) is 0 Å². The van der Waals surface area contributed by atoms with Crippen molar-refractivity contribution in [2.75, 3.05) is 11.1 Å². The Morgan fingerprint density at radius 2 is 2.23 bits per heavy atom. The van der Waals surface area contributed by atoms with Gasteiger partial charge < -0.3 is 10.4 Å². The summed E-state index contributed by atoms with van der Waals surface area (Å²) in [4.78, 5) is 4.41. The van der Waals surface area contributed by atoms with Crippen LogP contribution in [-0.2, 0) is 0 Å². The highest BCUT2D eigenvalue weighted by atomic mass is 35.5. The third-order valence-electron chi connectivity index (χ3n) is 3.61. The van der Waals surface area contributed by atoms with E-state index >= 15 is 0 Å². The van der Waals surface area contributed by atoms with Crippen LogP contribution in [0.1, 0.15) is 17.8 Å². The number of nitrogens with one attached hydrogen (secondary N) is 1. The first kappa shape index (κ1) is 17.5. The van der Waals surface area contributed by atoms with E-state index < -0.39 is 0 Å². The van der Waals surface area contributed by atoms with E-state index in [2.05, 4.69) is 26.6 Å². The fourth-order valence-corrected chi connectivity index (χ4v) is 5.01. The fraction of sp³-hybridized carbons (Fsp3) is 0.250. The van der Waals surface area contributed by atoms with Crippen molar-refractivity contribution >= 4 is 67.0 Å². The molecule has 2 heterocycles. The maximum atomic E-state index is 10.4. The van der Waals surface area contributed by atoms with Gasteiger partial charge in [-0.05, 0) is 31.0 Å². The third kappa shape index (κ3) is 3.94. The number of hydrogen-bond donors (Lipinski definition) is 2. The summed E-state index contributed by atoms with van der Waals surface area (Å²) in [6, 6.07) is 7.95. The molecule has 26 heavy (non-hydrogen) atoms. The van der Waals surface area contributed by atoms with Gasteiger partial charge in [-0.15, -0.1) is 21.5 Å². The number of benzene rings is 1. The van der Waals surface area contributed by atoms with Crippen LogP contribution in [0, 0.1) is 11.3 Å². The Morgan fingerprint density at radius 3 is 3.00 bits per heavy atom. The largest absolute Gasteiger partial charge is 0.510 e. The molecule has 0 saturated heterocycles. The normalized spacial score (nSPS) is 14.9. The van der Waals surface area contributed by atoms with Crippen molar-refractivity contribution in [2.45, 2.75) is 23.2 Å². The lowest BCUT2D eigenvalue weighted by molar-refractivity contribution is 0.421. The highest BCUT2D eigenvalue weighted by Gasteiger charge is 2.22. The molecule has 132 valence electrons. The van der Waals surface area contributed by atoms with Gasteiger partial charge in [-0.25, -0.2) is 4.98 Å². The monoisotopic (exact) mass is 421 g/mol. The highest BCUT2D eigenvalue weighted by molar-refractivity contribution is 8.01.